The maximum absolute atomic E-state index is 9.77. The van der Waals surface area contributed by atoms with Gasteiger partial charge in [-0.2, -0.15) is 0 Å². The summed E-state index contributed by atoms with van der Waals surface area (Å²) in [5.41, 5.74) is 0. The molecule has 1 heterocycles. The molecule has 0 bridgehead atoms. The highest BCUT2D eigenvalue weighted by Crippen LogP contribution is 2.26. The van der Waals surface area contributed by atoms with Gasteiger partial charge in [0.15, 0.2) is 3.92 Å². The van der Waals surface area contributed by atoms with Gasteiger partial charge >= 0.3 is 0 Å². The van der Waals surface area contributed by atoms with Gasteiger partial charge in [-0.1, -0.05) is 24.2 Å². The van der Waals surface area contributed by atoms with E-state index in [0.29, 0.717) is 5.92 Å². The molecule has 2 rings (SSSR count). The smallest absolute Gasteiger partial charge is 0.206 e. The van der Waals surface area contributed by atoms with E-state index in [4.69, 9.17) is 0 Å². The van der Waals surface area contributed by atoms with Crippen molar-refractivity contribution in [2.45, 2.75) is 31.8 Å². The molecule has 1 aliphatic rings. The minimum Gasteiger partial charge on any atom is -0.393 e. The molecule has 0 saturated heterocycles. The van der Waals surface area contributed by atoms with Crippen LogP contribution in [0.5, 0.6) is 0 Å². The number of hydrogen-bond acceptors (Lipinski definition) is 5. The van der Waals surface area contributed by atoms with Gasteiger partial charge in [0, 0.05) is 12.5 Å². The van der Waals surface area contributed by atoms with Crippen molar-refractivity contribution in [3.8, 4) is 0 Å². The Morgan fingerprint density at radius 1 is 1.40 bits per heavy atom. The Kier molecular flexibility index (Phi) is 3.93. The third kappa shape index (κ3) is 3.12. The molecular formula is C9H14BrN3OS. The van der Waals surface area contributed by atoms with E-state index in [9.17, 15) is 5.11 Å². The highest BCUT2D eigenvalue weighted by Gasteiger charge is 2.22. The van der Waals surface area contributed by atoms with Gasteiger partial charge in [-0.3, -0.25) is 0 Å². The van der Waals surface area contributed by atoms with Crippen LogP contribution in [0.15, 0.2) is 3.92 Å². The molecule has 0 aliphatic heterocycles. The van der Waals surface area contributed by atoms with Gasteiger partial charge in [0.1, 0.15) is 0 Å². The SMILES string of the molecule is OC1CCCCC1CNc1nnc(Br)s1. The summed E-state index contributed by atoms with van der Waals surface area (Å²) < 4.78 is 0.786. The highest BCUT2D eigenvalue weighted by atomic mass is 79.9. The van der Waals surface area contributed by atoms with Gasteiger partial charge in [-0.25, -0.2) is 0 Å². The van der Waals surface area contributed by atoms with Crippen molar-refractivity contribution >= 4 is 32.4 Å². The Morgan fingerprint density at radius 2 is 2.20 bits per heavy atom. The fraction of sp³-hybridized carbons (Fsp3) is 0.778. The van der Waals surface area contributed by atoms with E-state index in [2.05, 4.69) is 31.4 Å². The minimum atomic E-state index is -0.150. The molecule has 15 heavy (non-hydrogen) atoms. The predicted octanol–water partition coefficient (Wildman–Crippen LogP) is 2.26. The fourth-order valence-corrected chi connectivity index (χ4v) is 2.94. The van der Waals surface area contributed by atoms with Crippen molar-refractivity contribution < 1.29 is 5.11 Å². The zero-order chi connectivity index (χ0) is 10.7. The van der Waals surface area contributed by atoms with Crippen LogP contribution in [0.3, 0.4) is 0 Å². The van der Waals surface area contributed by atoms with E-state index in [-0.39, 0.29) is 6.10 Å². The van der Waals surface area contributed by atoms with Crippen LogP contribution in [0.1, 0.15) is 25.7 Å². The second-order valence-corrected chi connectivity index (χ2v) is 6.11. The Bertz CT molecular complexity index is 320. The lowest BCUT2D eigenvalue weighted by Crippen LogP contribution is -2.30. The molecule has 4 nitrogen and oxygen atoms in total. The summed E-state index contributed by atoms with van der Waals surface area (Å²) in [6.07, 6.45) is 4.27. The number of aliphatic hydroxyl groups excluding tert-OH is 1. The van der Waals surface area contributed by atoms with Crippen molar-refractivity contribution in [1.29, 1.82) is 0 Å². The molecule has 1 saturated carbocycles. The van der Waals surface area contributed by atoms with Gasteiger partial charge in [-0.15, -0.1) is 10.2 Å². The number of halogens is 1. The predicted molar refractivity (Wildman–Crippen MR) is 64.1 cm³/mol. The van der Waals surface area contributed by atoms with Gasteiger partial charge in [-0.05, 0) is 28.8 Å². The molecule has 1 aliphatic carbocycles. The van der Waals surface area contributed by atoms with Gasteiger partial charge < -0.3 is 10.4 Å². The lowest BCUT2D eigenvalue weighted by Gasteiger charge is -2.27. The summed E-state index contributed by atoms with van der Waals surface area (Å²) in [4.78, 5) is 0. The van der Waals surface area contributed by atoms with Gasteiger partial charge in [0.25, 0.3) is 0 Å². The summed E-state index contributed by atoms with van der Waals surface area (Å²) in [5, 5.41) is 21.6. The number of aromatic nitrogens is 2. The first-order valence-electron chi connectivity index (χ1n) is 5.16. The molecule has 2 unspecified atom stereocenters. The van der Waals surface area contributed by atoms with Crippen molar-refractivity contribution in [2.75, 3.05) is 11.9 Å². The number of aliphatic hydroxyl groups is 1. The normalized spacial score (nSPS) is 26.5. The van der Waals surface area contributed by atoms with E-state index in [0.717, 1.165) is 34.9 Å². The minimum absolute atomic E-state index is 0.150. The second-order valence-electron chi connectivity index (χ2n) is 3.85. The maximum atomic E-state index is 9.77. The van der Waals surface area contributed by atoms with Crippen LogP contribution < -0.4 is 5.32 Å². The van der Waals surface area contributed by atoms with Crippen molar-refractivity contribution in [3.63, 3.8) is 0 Å². The Morgan fingerprint density at radius 3 is 2.87 bits per heavy atom. The van der Waals surface area contributed by atoms with Crippen LogP contribution in [-0.4, -0.2) is 28.0 Å². The first kappa shape index (κ1) is 11.3. The van der Waals surface area contributed by atoms with Crippen molar-refractivity contribution in [2.24, 2.45) is 5.92 Å². The molecule has 2 N–H and O–H groups in total. The molecule has 6 heteroatoms. The summed E-state index contributed by atoms with van der Waals surface area (Å²) in [6.45, 7) is 0.794. The third-order valence-electron chi connectivity index (χ3n) is 2.78. The zero-order valence-electron chi connectivity index (χ0n) is 8.32. The Hall–Kier alpha value is -0.200. The van der Waals surface area contributed by atoms with Crippen molar-refractivity contribution in [3.05, 3.63) is 3.92 Å². The molecule has 1 aromatic heterocycles. The van der Waals surface area contributed by atoms with Crippen molar-refractivity contribution in [1.82, 2.24) is 10.2 Å². The van der Waals surface area contributed by atoms with Crippen LogP contribution in [0.25, 0.3) is 0 Å². The quantitative estimate of drug-likeness (QED) is 0.897. The Balaban J connectivity index is 1.81. The average molecular weight is 292 g/mol. The van der Waals surface area contributed by atoms with E-state index >= 15 is 0 Å². The van der Waals surface area contributed by atoms with Gasteiger partial charge in [0.05, 0.1) is 6.10 Å². The van der Waals surface area contributed by atoms with E-state index in [1.54, 1.807) is 0 Å². The second kappa shape index (κ2) is 5.23. The molecule has 0 radical (unpaired) electrons. The van der Waals surface area contributed by atoms with Gasteiger partial charge in [0.2, 0.25) is 5.13 Å². The van der Waals surface area contributed by atoms with E-state index in [1.165, 1.54) is 17.8 Å². The fourth-order valence-electron chi connectivity index (χ4n) is 1.92. The molecular weight excluding hydrogens is 278 g/mol. The maximum Gasteiger partial charge on any atom is 0.206 e. The number of hydrogen-bond donors (Lipinski definition) is 2. The zero-order valence-corrected chi connectivity index (χ0v) is 10.7. The van der Waals surface area contributed by atoms with Crippen LogP contribution in [0.4, 0.5) is 5.13 Å². The molecule has 84 valence electrons. The lowest BCUT2D eigenvalue weighted by atomic mass is 9.86. The Labute approximate surface area is 101 Å². The topological polar surface area (TPSA) is 58.0 Å². The lowest BCUT2D eigenvalue weighted by molar-refractivity contribution is 0.0763. The largest absolute Gasteiger partial charge is 0.393 e. The highest BCUT2D eigenvalue weighted by molar-refractivity contribution is 9.11. The first-order chi connectivity index (χ1) is 7.25. The van der Waals surface area contributed by atoms with E-state index < -0.39 is 0 Å². The summed E-state index contributed by atoms with van der Waals surface area (Å²) in [7, 11) is 0. The molecule has 0 aromatic carbocycles. The first-order valence-corrected chi connectivity index (χ1v) is 6.77. The number of rotatable bonds is 3. The standard InChI is InChI=1S/C9H14BrN3OS/c10-8-12-13-9(15-8)11-5-6-3-1-2-4-7(6)14/h6-7,14H,1-5H2,(H,11,13). The van der Waals surface area contributed by atoms with Crippen LogP contribution in [0.2, 0.25) is 0 Å². The van der Waals surface area contributed by atoms with Crippen LogP contribution in [0, 0.1) is 5.92 Å². The molecule has 0 spiro atoms. The molecule has 2 atom stereocenters. The molecule has 1 fully saturated rings. The van der Waals surface area contributed by atoms with Crippen LogP contribution in [-0.2, 0) is 0 Å². The number of nitrogens with zero attached hydrogens (tertiary/aromatic N) is 2. The average Bonchev–Trinajstić information content (AvgIpc) is 2.63. The number of anilines is 1. The third-order valence-corrected chi connectivity index (χ3v) is 4.10. The molecule has 1 aromatic rings. The van der Waals surface area contributed by atoms with E-state index in [1.807, 2.05) is 0 Å². The molecule has 0 amide bonds. The van der Waals surface area contributed by atoms with Crippen LogP contribution >= 0.6 is 27.3 Å². The summed E-state index contributed by atoms with van der Waals surface area (Å²) in [5.74, 6) is 0.362. The summed E-state index contributed by atoms with van der Waals surface area (Å²) >= 11 is 4.74. The monoisotopic (exact) mass is 291 g/mol. The summed E-state index contributed by atoms with van der Waals surface area (Å²) in [6, 6.07) is 0. The number of nitrogens with one attached hydrogen (secondary N) is 1.